The molecule has 0 fully saturated rings. The Bertz CT molecular complexity index is 704. The van der Waals surface area contributed by atoms with Gasteiger partial charge in [0, 0.05) is 0 Å². The highest BCUT2D eigenvalue weighted by atomic mass is 35.5. The highest BCUT2D eigenvalue weighted by Crippen LogP contribution is 2.30. The molecule has 0 N–H and O–H groups in total. The molecule has 0 heterocycles. The Hall–Kier alpha value is -2.34. The quantitative estimate of drug-likeness (QED) is 0.370. The molecule has 1 unspecified atom stereocenters. The van der Waals surface area contributed by atoms with Crippen molar-refractivity contribution < 1.29 is 18.5 Å². The molecule has 7 heteroatoms. The van der Waals surface area contributed by atoms with Gasteiger partial charge in [-0.2, -0.15) is 0 Å². The molecule has 108 valence electrons. The summed E-state index contributed by atoms with van der Waals surface area (Å²) in [6.07, 6.45) is 0. The van der Waals surface area contributed by atoms with E-state index < -0.39 is 33.4 Å². The van der Waals surface area contributed by atoms with Crippen molar-refractivity contribution in [3.05, 3.63) is 75.3 Å². The van der Waals surface area contributed by atoms with Crippen LogP contribution >= 0.6 is 11.6 Å². The van der Waals surface area contributed by atoms with Crippen molar-refractivity contribution >= 4 is 23.1 Å². The number of carbonyl (C=O) groups excluding carboxylic acids is 1. The number of halogens is 3. The predicted octanol–water partition coefficient (Wildman–Crippen LogP) is 4.04. The van der Waals surface area contributed by atoms with E-state index in [9.17, 15) is 23.7 Å². The Kier molecular flexibility index (Phi) is 4.28. The van der Waals surface area contributed by atoms with Crippen LogP contribution < -0.4 is 0 Å². The second-order valence-electron chi connectivity index (χ2n) is 4.20. The summed E-state index contributed by atoms with van der Waals surface area (Å²) in [6.45, 7) is 0. The summed E-state index contributed by atoms with van der Waals surface area (Å²) in [6, 6.07) is 7.46. The van der Waals surface area contributed by atoms with Crippen LogP contribution in [0.2, 0.25) is 0 Å². The molecule has 21 heavy (non-hydrogen) atoms. The minimum absolute atomic E-state index is 0.293. The highest BCUT2D eigenvalue weighted by Gasteiger charge is 2.27. The largest absolute Gasteiger partial charge is 0.292 e. The Morgan fingerprint density at radius 1 is 1.10 bits per heavy atom. The Balaban J connectivity index is 2.40. The highest BCUT2D eigenvalue weighted by molar-refractivity contribution is 6.34. The van der Waals surface area contributed by atoms with E-state index in [4.69, 9.17) is 11.6 Å². The van der Waals surface area contributed by atoms with E-state index in [2.05, 4.69) is 0 Å². The zero-order valence-corrected chi connectivity index (χ0v) is 11.2. The number of ketones is 1. The third-order valence-corrected chi connectivity index (χ3v) is 3.26. The number of Topliss-reactive ketones (excluding diaryl/α,β-unsaturated/α-hetero) is 1. The number of nitro benzene ring substituents is 1. The first-order valence-corrected chi connectivity index (χ1v) is 6.21. The van der Waals surface area contributed by atoms with Crippen LogP contribution in [0, 0.1) is 21.7 Å². The van der Waals surface area contributed by atoms with E-state index in [0.29, 0.717) is 11.6 Å². The second kappa shape index (κ2) is 5.97. The van der Waals surface area contributed by atoms with Crippen molar-refractivity contribution in [2.24, 2.45) is 0 Å². The third kappa shape index (κ3) is 3.22. The van der Waals surface area contributed by atoms with E-state index in [0.717, 1.165) is 24.3 Å². The van der Waals surface area contributed by atoms with Crippen LogP contribution in [0.3, 0.4) is 0 Å². The van der Waals surface area contributed by atoms with Gasteiger partial charge >= 0.3 is 0 Å². The molecule has 0 aliphatic carbocycles. The fourth-order valence-electron chi connectivity index (χ4n) is 1.78. The maximum atomic E-state index is 13.0. The Morgan fingerprint density at radius 3 is 2.24 bits per heavy atom. The summed E-state index contributed by atoms with van der Waals surface area (Å²) >= 11 is 5.97. The summed E-state index contributed by atoms with van der Waals surface area (Å²) in [7, 11) is 0. The van der Waals surface area contributed by atoms with E-state index in [1.807, 2.05) is 0 Å². The van der Waals surface area contributed by atoms with Gasteiger partial charge in [0.15, 0.2) is 5.78 Å². The van der Waals surface area contributed by atoms with Crippen molar-refractivity contribution in [1.82, 2.24) is 0 Å². The summed E-state index contributed by atoms with van der Waals surface area (Å²) in [5.41, 5.74) is -0.667. The first-order chi connectivity index (χ1) is 9.90. The van der Waals surface area contributed by atoms with Crippen LogP contribution in [0.1, 0.15) is 21.3 Å². The average molecular weight is 312 g/mol. The Morgan fingerprint density at radius 2 is 1.67 bits per heavy atom. The first-order valence-electron chi connectivity index (χ1n) is 5.78. The van der Waals surface area contributed by atoms with Crippen LogP contribution in [0.4, 0.5) is 14.5 Å². The molecule has 2 aromatic rings. The maximum Gasteiger partial charge on any atom is 0.283 e. The van der Waals surface area contributed by atoms with Gasteiger partial charge in [-0.25, -0.2) is 8.78 Å². The number of benzene rings is 2. The minimum atomic E-state index is -1.23. The maximum absolute atomic E-state index is 13.0. The van der Waals surface area contributed by atoms with Gasteiger partial charge in [0.2, 0.25) is 0 Å². The molecule has 0 spiro atoms. The molecule has 0 amide bonds. The molecule has 2 aromatic carbocycles. The first kappa shape index (κ1) is 15.1. The number of rotatable bonds is 4. The zero-order chi connectivity index (χ0) is 15.6. The lowest BCUT2D eigenvalue weighted by Gasteiger charge is -2.09. The standard InChI is InChI=1S/C14H8ClF2NO3/c15-13(8-1-3-9(16)4-2-8)14(19)11-6-5-10(17)7-12(11)18(20)21/h1-7,13H. The number of hydrogen-bond acceptors (Lipinski definition) is 3. The molecule has 0 aromatic heterocycles. The summed E-state index contributed by atoms with van der Waals surface area (Å²) in [5.74, 6) is -2.08. The fourth-order valence-corrected chi connectivity index (χ4v) is 2.05. The van der Waals surface area contributed by atoms with Gasteiger partial charge in [0.25, 0.3) is 5.69 Å². The number of nitrogens with zero attached hydrogens (tertiary/aromatic N) is 1. The van der Waals surface area contributed by atoms with Crippen LogP contribution in [0.5, 0.6) is 0 Å². The van der Waals surface area contributed by atoms with Crippen LogP contribution in [-0.4, -0.2) is 10.7 Å². The summed E-state index contributed by atoms with van der Waals surface area (Å²) in [4.78, 5) is 22.2. The SMILES string of the molecule is O=C(c1ccc(F)cc1[N+](=O)[O-])C(Cl)c1ccc(F)cc1. The zero-order valence-electron chi connectivity index (χ0n) is 10.4. The number of nitro groups is 1. The molecule has 0 aliphatic rings. The van der Waals surface area contributed by atoms with Gasteiger partial charge in [-0.05, 0) is 29.8 Å². The number of alkyl halides is 1. The van der Waals surface area contributed by atoms with E-state index in [-0.39, 0.29) is 5.56 Å². The Labute approximate surface area is 123 Å². The van der Waals surface area contributed by atoms with Crippen molar-refractivity contribution in [2.45, 2.75) is 5.38 Å². The summed E-state index contributed by atoms with van der Waals surface area (Å²) in [5, 5.41) is 9.65. The number of hydrogen-bond donors (Lipinski definition) is 0. The molecular weight excluding hydrogens is 304 g/mol. The van der Waals surface area contributed by atoms with E-state index in [1.165, 1.54) is 12.1 Å². The van der Waals surface area contributed by atoms with Crippen LogP contribution in [0.25, 0.3) is 0 Å². The number of carbonyl (C=O) groups is 1. The van der Waals surface area contributed by atoms with Gasteiger partial charge in [-0.3, -0.25) is 14.9 Å². The fraction of sp³-hybridized carbons (Fsp3) is 0.0714. The molecular formula is C14H8ClF2NO3. The van der Waals surface area contributed by atoms with Gasteiger partial charge in [-0.1, -0.05) is 12.1 Å². The van der Waals surface area contributed by atoms with Crippen LogP contribution in [0.15, 0.2) is 42.5 Å². The monoisotopic (exact) mass is 311 g/mol. The van der Waals surface area contributed by atoms with Gasteiger partial charge in [-0.15, -0.1) is 11.6 Å². The predicted molar refractivity (Wildman–Crippen MR) is 72.4 cm³/mol. The average Bonchev–Trinajstić information content (AvgIpc) is 2.46. The van der Waals surface area contributed by atoms with E-state index in [1.54, 1.807) is 0 Å². The molecule has 4 nitrogen and oxygen atoms in total. The molecule has 0 saturated heterocycles. The lowest BCUT2D eigenvalue weighted by atomic mass is 10.0. The minimum Gasteiger partial charge on any atom is -0.292 e. The second-order valence-corrected chi connectivity index (χ2v) is 4.63. The van der Waals surface area contributed by atoms with Crippen molar-refractivity contribution in [3.8, 4) is 0 Å². The molecule has 2 rings (SSSR count). The van der Waals surface area contributed by atoms with Crippen LogP contribution in [-0.2, 0) is 0 Å². The van der Waals surface area contributed by atoms with Gasteiger partial charge in [0.1, 0.15) is 17.0 Å². The van der Waals surface area contributed by atoms with E-state index >= 15 is 0 Å². The molecule has 0 radical (unpaired) electrons. The van der Waals surface area contributed by atoms with Gasteiger partial charge in [0.05, 0.1) is 16.6 Å². The van der Waals surface area contributed by atoms with Gasteiger partial charge < -0.3 is 0 Å². The topological polar surface area (TPSA) is 60.2 Å². The molecule has 1 atom stereocenters. The van der Waals surface area contributed by atoms with Crippen molar-refractivity contribution in [1.29, 1.82) is 0 Å². The molecule has 0 aliphatic heterocycles. The molecule has 0 saturated carbocycles. The normalized spacial score (nSPS) is 12.0. The molecule has 0 bridgehead atoms. The summed E-state index contributed by atoms with van der Waals surface area (Å²) < 4.78 is 25.9. The lowest BCUT2D eigenvalue weighted by molar-refractivity contribution is -0.385. The third-order valence-electron chi connectivity index (χ3n) is 2.81. The van der Waals surface area contributed by atoms with Crippen molar-refractivity contribution in [3.63, 3.8) is 0 Å². The smallest absolute Gasteiger partial charge is 0.283 e. The lowest BCUT2D eigenvalue weighted by Crippen LogP contribution is -2.10. The van der Waals surface area contributed by atoms with Crippen molar-refractivity contribution in [2.75, 3.05) is 0 Å².